The SMILES string of the molecule is C=O.C=O.C=O.C=O.CC(C)(C)Cc1ccc(CO)c(Cl)c1.CC(C)(C)Cc1ccc(CO)c(F)c1.Cc1cc(CC(C)(C)C)ccc1CO.Cc1cc(CC(C)(C)C)ccc1CO.Cc1ccc(CC(C)(C)C)cc1C.Cc1ccc(CC(C)(C)C)cc1C.Cc1ccc(CC(C)(C)C)cc1Cl.Cc1ccc(CC(C)(C)C)cc1F. The van der Waals surface area contributed by atoms with Gasteiger partial charge in [-0.05, 0) is 280 Å². The summed E-state index contributed by atoms with van der Waals surface area (Å²) < 4.78 is 26.4. The Morgan fingerprint density at radius 3 is 0.621 bits per heavy atom. The summed E-state index contributed by atoms with van der Waals surface area (Å²) in [5.74, 6) is -0.406. The lowest BCUT2D eigenvalue weighted by atomic mass is 9.87. The highest BCUT2D eigenvalue weighted by Crippen LogP contribution is 2.30. The fourth-order valence-corrected chi connectivity index (χ4v) is 12.4. The standard InChI is InChI=1S/2C13H20O.2C13H20.C12H17ClO.C12H17Cl.C12H17FO.C12H17F.4CH2O/c2*1-10-7-11(8-13(2,3)4)5-6-12(10)9-14;2*1-10-6-7-12(8-11(10)2)9-13(3,4)5;1-12(2,3)7-9-4-5-10(8-14)11(13)6-9;1-9-5-6-10(7-11(9)13)8-12(2,3)4;1-12(2,3)7-9-4-5-10(8-14)11(13)6-9;1-9-5-6-10(7-11(9)13)8-12(2,3)4;4*1-2/h2*5-7,14H,8-9H2,1-4H3;2*6-8H,9H2,1-5H3;4-6,14H,7-8H2,1-3H3;5-7H,8H2,1-4H3;4-6,14H,7-8H2,1-3H3;5-7H,8H2,1-4H3;4*1H2. The van der Waals surface area contributed by atoms with E-state index in [-0.39, 0.29) is 54.3 Å². The van der Waals surface area contributed by atoms with Crippen molar-refractivity contribution < 1.29 is 48.4 Å². The van der Waals surface area contributed by atoms with E-state index in [4.69, 9.17) is 62.8 Å². The summed E-state index contributed by atoms with van der Waals surface area (Å²) in [5, 5.41) is 37.4. The first-order valence-corrected chi connectivity index (χ1v) is 40.9. The summed E-state index contributed by atoms with van der Waals surface area (Å²) in [7, 11) is 0. The van der Waals surface area contributed by atoms with Crippen molar-refractivity contribution in [1.82, 2.24) is 0 Å². The van der Waals surface area contributed by atoms with Crippen molar-refractivity contribution in [3.8, 4) is 0 Å². The maximum absolute atomic E-state index is 13.3. The van der Waals surface area contributed by atoms with Crippen LogP contribution in [-0.2, 0) is 97.0 Å². The molecule has 4 N–H and O–H groups in total. The third-order valence-electron chi connectivity index (χ3n) is 17.2. The van der Waals surface area contributed by atoms with Gasteiger partial charge in [-0.15, -0.1) is 0 Å². The zero-order chi connectivity index (χ0) is 91.3. The number of hydrogen-bond acceptors (Lipinski definition) is 8. The van der Waals surface area contributed by atoms with Crippen LogP contribution in [0.5, 0.6) is 0 Å². The summed E-state index contributed by atoms with van der Waals surface area (Å²) in [6.07, 6.45) is 8.33. The second-order valence-corrected chi connectivity index (χ2v) is 40.7. The molecule has 8 nitrogen and oxygen atoms in total. The van der Waals surface area contributed by atoms with Crippen molar-refractivity contribution in [2.45, 2.75) is 299 Å². The molecular formula is C104H156Cl2F2O8. The molecular weight excluding hydrogens is 1490 g/mol. The fraction of sp³-hybridized carbons (Fsp3) is 0.500. The van der Waals surface area contributed by atoms with Crippen LogP contribution in [-0.4, -0.2) is 47.6 Å². The van der Waals surface area contributed by atoms with Crippen molar-refractivity contribution >= 4 is 50.4 Å². The highest BCUT2D eigenvalue weighted by atomic mass is 35.5. The Morgan fingerprint density at radius 1 is 0.224 bits per heavy atom. The summed E-state index contributed by atoms with van der Waals surface area (Å²) in [6.45, 7) is 77.9. The van der Waals surface area contributed by atoms with E-state index in [0.717, 1.165) is 95.3 Å². The number of aryl methyl sites for hydroxylation is 8. The van der Waals surface area contributed by atoms with E-state index in [1.54, 1.807) is 19.1 Å². The van der Waals surface area contributed by atoms with Gasteiger partial charge < -0.3 is 39.6 Å². The van der Waals surface area contributed by atoms with Crippen molar-refractivity contribution in [3.05, 3.63) is 279 Å². The van der Waals surface area contributed by atoms with E-state index >= 15 is 0 Å². The Kier molecular flexibility index (Phi) is 55.0. The highest BCUT2D eigenvalue weighted by Gasteiger charge is 2.19. The summed E-state index contributed by atoms with van der Waals surface area (Å²) >= 11 is 12.0. The quantitative estimate of drug-likeness (QED) is 0.0945. The molecule has 0 fully saturated rings. The largest absolute Gasteiger partial charge is 0.392 e. The molecule has 8 aromatic rings. The number of hydrogen-bond donors (Lipinski definition) is 4. The third-order valence-corrected chi connectivity index (χ3v) is 18.0. The number of aliphatic hydroxyl groups is 4. The molecule has 0 bridgehead atoms. The van der Waals surface area contributed by atoms with Gasteiger partial charge in [-0.1, -0.05) is 311 Å². The minimum atomic E-state index is -0.311. The van der Waals surface area contributed by atoms with Crippen LogP contribution in [0.1, 0.15) is 277 Å². The Labute approximate surface area is 715 Å². The predicted octanol–water partition coefficient (Wildman–Crippen LogP) is 27.5. The van der Waals surface area contributed by atoms with Crippen LogP contribution in [0.25, 0.3) is 0 Å². The van der Waals surface area contributed by atoms with E-state index in [2.05, 4.69) is 287 Å². The molecule has 0 spiro atoms. The van der Waals surface area contributed by atoms with Crippen molar-refractivity contribution in [2.75, 3.05) is 0 Å². The van der Waals surface area contributed by atoms with Gasteiger partial charge in [0.15, 0.2) is 0 Å². The predicted molar refractivity (Wildman–Crippen MR) is 497 cm³/mol. The molecule has 0 aliphatic carbocycles. The van der Waals surface area contributed by atoms with Crippen molar-refractivity contribution in [3.63, 3.8) is 0 Å². The van der Waals surface area contributed by atoms with E-state index in [0.29, 0.717) is 37.7 Å². The maximum Gasteiger partial charge on any atom is 0.128 e. The van der Waals surface area contributed by atoms with E-state index in [9.17, 15) is 8.78 Å². The lowest BCUT2D eigenvalue weighted by Crippen LogP contribution is -2.09. The van der Waals surface area contributed by atoms with Crippen LogP contribution >= 0.6 is 23.2 Å². The van der Waals surface area contributed by atoms with Gasteiger partial charge in [0.05, 0.1) is 26.4 Å². The van der Waals surface area contributed by atoms with Gasteiger partial charge >= 0.3 is 0 Å². The zero-order valence-corrected chi connectivity index (χ0v) is 79.6. The molecule has 0 radical (unpaired) electrons. The average Bonchev–Trinajstić information content (AvgIpc) is 0.986. The topological polar surface area (TPSA) is 149 Å². The number of halogens is 4. The molecule has 0 heterocycles. The smallest absolute Gasteiger partial charge is 0.128 e. The van der Waals surface area contributed by atoms with Gasteiger partial charge in [0.2, 0.25) is 0 Å². The van der Waals surface area contributed by atoms with Crippen LogP contribution in [0.3, 0.4) is 0 Å². The Bertz CT molecular complexity index is 3540. The molecule has 8 aromatic carbocycles. The lowest BCUT2D eigenvalue weighted by molar-refractivity contribution is -0.0987. The molecule has 0 saturated heterocycles. The van der Waals surface area contributed by atoms with Gasteiger partial charge in [0, 0.05) is 15.6 Å². The molecule has 8 rings (SSSR count). The van der Waals surface area contributed by atoms with Gasteiger partial charge in [-0.3, -0.25) is 0 Å². The van der Waals surface area contributed by atoms with Gasteiger partial charge in [0.1, 0.15) is 38.8 Å². The first-order chi connectivity index (χ1) is 53.2. The average molecular weight is 1640 g/mol. The molecule has 0 atom stereocenters. The third kappa shape index (κ3) is 57.0. The minimum absolute atomic E-state index is 0.00856. The molecule has 0 aliphatic rings. The number of aliphatic hydroxyl groups excluding tert-OH is 4. The second-order valence-electron chi connectivity index (χ2n) is 39.9. The number of benzene rings is 8. The first kappa shape index (κ1) is 115. The molecule has 0 unspecified atom stereocenters. The molecule has 0 saturated carbocycles. The second kappa shape index (κ2) is 55.5. The fourth-order valence-electron chi connectivity index (χ4n) is 12.0. The van der Waals surface area contributed by atoms with Crippen LogP contribution in [0.2, 0.25) is 10.0 Å². The molecule has 0 aromatic heterocycles. The van der Waals surface area contributed by atoms with Crippen LogP contribution in [0.15, 0.2) is 146 Å². The van der Waals surface area contributed by atoms with Crippen LogP contribution in [0, 0.1) is 110 Å². The number of carbonyl (C=O) groups excluding carboxylic acids is 4. The van der Waals surface area contributed by atoms with Gasteiger partial charge in [0.25, 0.3) is 0 Å². The van der Waals surface area contributed by atoms with Crippen LogP contribution < -0.4 is 0 Å². The minimum Gasteiger partial charge on any atom is -0.392 e. The summed E-state index contributed by atoms with van der Waals surface area (Å²) in [6, 6.07) is 48.9. The molecule has 0 amide bonds. The Morgan fingerprint density at radius 2 is 0.414 bits per heavy atom. The van der Waals surface area contributed by atoms with Crippen molar-refractivity contribution in [1.29, 1.82) is 0 Å². The monoisotopic (exact) mass is 1640 g/mol. The van der Waals surface area contributed by atoms with E-state index in [1.165, 1.54) is 72.8 Å². The Balaban J connectivity index is -0.000000610. The first-order valence-electron chi connectivity index (χ1n) is 40.2. The highest BCUT2D eigenvalue weighted by molar-refractivity contribution is 6.31. The summed E-state index contributed by atoms with van der Waals surface area (Å²) in [4.78, 5) is 32.0. The van der Waals surface area contributed by atoms with E-state index < -0.39 is 0 Å². The molecule has 12 heteroatoms. The summed E-state index contributed by atoms with van der Waals surface area (Å²) in [5.41, 5.74) is 25.7. The molecule has 648 valence electrons. The maximum atomic E-state index is 13.3. The van der Waals surface area contributed by atoms with Gasteiger partial charge in [-0.25, -0.2) is 8.78 Å². The van der Waals surface area contributed by atoms with Crippen molar-refractivity contribution in [2.24, 2.45) is 43.3 Å². The van der Waals surface area contributed by atoms with Gasteiger partial charge in [-0.2, -0.15) is 0 Å². The number of carbonyl (C=O) groups is 4. The van der Waals surface area contributed by atoms with E-state index in [1.807, 2.05) is 82.6 Å². The lowest BCUT2D eigenvalue weighted by Gasteiger charge is -2.18. The Hall–Kier alpha value is -7.28. The zero-order valence-electron chi connectivity index (χ0n) is 78.1. The molecule has 0 aliphatic heterocycles. The number of rotatable bonds is 12. The molecule has 116 heavy (non-hydrogen) atoms. The van der Waals surface area contributed by atoms with Crippen LogP contribution in [0.4, 0.5) is 8.78 Å². The normalized spacial score (nSPS) is 11.1.